The molecule has 9 heteroatoms. The zero-order valence-electron chi connectivity index (χ0n) is 20.3. The molecule has 3 N–H and O–H groups in total. The summed E-state index contributed by atoms with van der Waals surface area (Å²) in [5, 5.41) is 21.0. The van der Waals surface area contributed by atoms with Gasteiger partial charge in [-0.1, -0.05) is 36.4 Å². The lowest BCUT2D eigenvalue weighted by molar-refractivity contribution is -0.253. The Kier molecular flexibility index (Phi) is 9.43. The summed E-state index contributed by atoms with van der Waals surface area (Å²) in [6.45, 7) is 3.93. The van der Waals surface area contributed by atoms with Gasteiger partial charge in [-0.25, -0.2) is 0 Å². The number of rotatable bonds is 10. The van der Waals surface area contributed by atoms with E-state index in [-0.39, 0.29) is 44.0 Å². The number of aliphatic carboxylic acids is 1. The Morgan fingerprint density at radius 1 is 1.00 bits per heavy atom. The molecule has 4 rings (SSSR count). The van der Waals surface area contributed by atoms with E-state index in [0.717, 1.165) is 36.3 Å². The van der Waals surface area contributed by atoms with Gasteiger partial charge in [-0.05, 0) is 29.7 Å². The molecule has 2 aliphatic rings. The summed E-state index contributed by atoms with van der Waals surface area (Å²) < 4.78 is 18.3. The van der Waals surface area contributed by atoms with E-state index in [1.54, 1.807) is 6.07 Å². The van der Waals surface area contributed by atoms with E-state index in [9.17, 15) is 14.7 Å². The van der Waals surface area contributed by atoms with E-state index in [0.29, 0.717) is 25.3 Å². The number of ether oxygens (including phenoxy) is 3. The molecule has 2 fully saturated rings. The van der Waals surface area contributed by atoms with Crippen molar-refractivity contribution in [1.29, 1.82) is 0 Å². The Bertz CT molecular complexity index is 1010. The second kappa shape index (κ2) is 12.9. The SMILES string of the molecule is O=C(O)CCCC(=O)Nc1cccc([C@@H]2O[C@H](CN3CCOCC3)C[C@H](c3ccc(CO)cc3)O2)c1. The predicted molar refractivity (Wildman–Crippen MR) is 132 cm³/mol. The molecular weight excluding hydrogens is 464 g/mol. The summed E-state index contributed by atoms with van der Waals surface area (Å²) in [5.74, 6) is -1.14. The van der Waals surface area contributed by atoms with E-state index >= 15 is 0 Å². The molecule has 2 aliphatic heterocycles. The van der Waals surface area contributed by atoms with Gasteiger partial charge in [0.15, 0.2) is 6.29 Å². The molecule has 0 aliphatic carbocycles. The number of anilines is 1. The Hall–Kier alpha value is -2.82. The highest BCUT2D eigenvalue weighted by molar-refractivity contribution is 5.90. The van der Waals surface area contributed by atoms with E-state index in [2.05, 4.69) is 10.2 Å². The van der Waals surface area contributed by atoms with Crippen LogP contribution in [0.5, 0.6) is 0 Å². The Balaban J connectivity index is 1.47. The molecule has 0 saturated carbocycles. The fourth-order valence-electron chi connectivity index (χ4n) is 4.49. The lowest BCUT2D eigenvalue weighted by Crippen LogP contribution is -2.44. The maximum Gasteiger partial charge on any atom is 0.303 e. The molecule has 2 heterocycles. The molecule has 2 aromatic rings. The predicted octanol–water partition coefficient (Wildman–Crippen LogP) is 3.25. The average Bonchev–Trinajstić information content (AvgIpc) is 2.89. The number of benzene rings is 2. The quantitative estimate of drug-likeness (QED) is 0.457. The molecular formula is C27H34N2O7. The maximum atomic E-state index is 12.2. The number of carboxylic acid groups (broad SMARTS) is 1. The van der Waals surface area contributed by atoms with E-state index in [1.807, 2.05) is 42.5 Å². The Morgan fingerprint density at radius 3 is 2.50 bits per heavy atom. The molecule has 9 nitrogen and oxygen atoms in total. The summed E-state index contributed by atoms with van der Waals surface area (Å²) in [6, 6.07) is 15.2. The van der Waals surface area contributed by atoms with Gasteiger partial charge < -0.3 is 29.7 Å². The van der Waals surface area contributed by atoms with Crippen LogP contribution in [0.4, 0.5) is 5.69 Å². The Labute approximate surface area is 211 Å². The van der Waals surface area contributed by atoms with E-state index in [1.165, 1.54) is 0 Å². The standard InChI is InChI=1S/C27H34N2O7/c30-18-19-7-9-20(10-8-19)24-16-23(17-29-11-13-34-14-12-29)35-27(36-24)21-3-1-4-22(15-21)28-25(31)5-2-6-26(32)33/h1,3-4,7-10,15,23-24,27,30H,2,5-6,11-14,16-18H2,(H,28,31)(H,32,33)/t23-,24+,27+/m0/s1. The van der Waals surface area contributed by atoms with Crippen LogP contribution in [0.25, 0.3) is 0 Å². The molecule has 2 aromatic carbocycles. The lowest BCUT2D eigenvalue weighted by Gasteiger charge is -2.39. The summed E-state index contributed by atoms with van der Waals surface area (Å²) in [7, 11) is 0. The van der Waals surface area contributed by atoms with Crippen molar-refractivity contribution < 1.29 is 34.0 Å². The monoisotopic (exact) mass is 498 g/mol. The summed E-state index contributed by atoms with van der Waals surface area (Å²) in [5.41, 5.74) is 3.27. The van der Waals surface area contributed by atoms with Crippen LogP contribution in [-0.2, 0) is 30.4 Å². The topological polar surface area (TPSA) is 118 Å². The molecule has 0 spiro atoms. The largest absolute Gasteiger partial charge is 0.481 e. The number of amides is 1. The number of hydrogen-bond donors (Lipinski definition) is 3. The van der Waals surface area contributed by atoms with Crippen molar-refractivity contribution in [2.45, 2.75) is 50.8 Å². The van der Waals surface area contributed by atoms with Crippen LogP contribution in [0.1, 0.15) is 54.8 Å². The molecule has 0 aromatic heterocycles. The fourth-order valence-corrected chi connectivity index (χ4v) is 4.49. The highest BCUT2D eigenvalue weighted by atomic mass is 16.7. The first-order valence-electron chi connectivity index (χ1n) is 12.4. The average molecular weight is 499 g/mol. The van der Waals surface area contributed by atoms with Crippen LogP contribution in [0.2, 0.25) is 0 Å². The van der Waals surface area contributed by atoms with Gasteiger partial charge in [-0.15, -0.1) is 0 Å². The van der Waals surface area contributed by atoms with Gasteiger partial charge in [0.05, 0.1) is 32.0 Å². The van der Waals surface area contributed by atoms with Crippen molar-refractivity contribution in [3.05, 3.63) is 65.2 Å². The lowest BCUT2D eigenvalue weighted by atomic mass is 9.99. The van der Waals surface area contributed by atoms with Gasteiger partial charge in [-0.3, -0.25) is 14.5 Å². The number of carbonyl (C=O) groups excluding carboxylic acids is 1. The minimum absolute atomic E-state index is 0.00792. The molecule has 0 unspecified atom stereocenters. The van der Waals surface area contributed by atoms with Crippen LogP contribution in [0.3, 0.4) is 0 Å². The van der Waals surface area contributed by atoms with Gasteiger partial charge in [0, 0.05) is 50.1 Å². The van der Waals surface area contributed by atoms with Crippen molar-refractivity contribution in [3.8, 4) is 0 Å². The van der Waals surface area contributed by atoms with Crippen molar-refractivity contribution >= 4 is 17.6 Å². The zero-order valence-corrected chi connectivity index (χ0v) is 20.3. The van der Waals surface area contributed by atoms with Gasteiger partial charge >= 0.3 is 5.97 Å². The minimum Gasteiger partial charge on any atom is -0.481 e. The first-order valence-corrected chi connectivity index (χ1v) is 12.4. The number of carboxylic acids is 1. The normalized spacial score (nSPS) is 22.8. The van der Waals surface area contributed by atoms with E-state index in [4.69, 9.17) is 19.3 Å². The zero-order chi connectivity index (χ0) is 25.3. The van der Waals surface area contributed by atoms with Crippen molar-refractivity contribution in [2.24, 2.45) is 0 Å². The van der Waals surface area contributed by atoms with Crippen LogP contribution in [0.15, 0.2) is 48.5 Å². The number of hydrogen-bond acceptors (Lipinski definition) is 7. The molecule has 3 atom stereocenters. The summed E-state index contributed by atoms with van der Waals surface area (Å²) >= 11 is 0. The second-order valence-electron chi connectivity index (χ2n) is 9.18. The first kappa shape index (κ1) is 26.2. The van der Waals surface area contributed by atoms with Gasteiger partial charge in [0.1, 0.15) is 0 Å². The van der Waals surface area contributed by atoms with Crippen LogP contribution >= 0.6 is 0 Å². The van der Waals surface area contributed by atoms with Crippen molar-refractivity contribution in [2.75, 3.05) is 38.2 Å². The number of nitrogens with one attached hydrogen (secondary N) is 1. The highest BCUT2D eigenvalue weighted by Crippen LogP contribution is 2.38. The second-order valence-corrected chi connectivity index (χ2v) is 9.18. The molecule has 2 saturated heterocycles. The number of aliphatic hydroxyl groups is 1. The molecule has 1 amide bonds. The third-order valence-corrected chi connectivity index (χ3v) is 6.42. The van der Waals surface area contributed by atoms with Gasteiger partial charge in [-0.2, -0.15) is 0 Å². The maximum absolute atomic E-state index is 12.2. The number of aliphatic hydroxyl groups excluding tert-OH is 1. The molecule has 0 radical (unpaired) electrons. The molecule has 194 valence electrons. The van der Waals surface area contributed by atoms with Crippen LogP contribution in [-0.4, -0.2) is 65.9 Å². The summed E-state index contributed by atoms with van der Waals surface area (Å²) in [4.78, 5) is 25.3. The van der Waals surface area contributed by atoms with Gasteiger partial charge in [0.25, 0.3) is 0 Å². The summed E-state index contributed by atoms with van der Waals surface area (Å²) in [6.07, 6.45) is 0.233. The highest BCUT2D eigenvalue weighted by Gasteiger charge is 2.33. The Morgan fingerprint density at radius 2 is 1.78 bits per heavy atom. The number of morpholine rings is 1. The van der Waals surface area contributed by atoms with Crippen LogP contribution < -0.4 is 5.32 Å². The molecule has 0 bridgehead atoms. The number of nitrogens with zero attached hydrogens (tertiary/aromatic N) is 1. The van der Waals surface area contributed by atoms with Crippen LogP contribution in [0, 0.1) is 0 Å². The third-order valence-electron chi connectivity index (χ3n) is 6.42. The first-order chi connectivity index (χ1) is 17.5. The van der Waals surface area contributed by atoms with E-state index < -0.39 is 12.3 Å². The molecule has 36 heavy (non-hydrogen) atoms. The number of carbonyl (C=O) groups is 2. The van der Waals surface area contributed by atoms with Crippen molar-refractivity contribution in [3.63, 3.8) is 0 Å². The fraction of sp³-hybridized carbons (Fsp3) is 0.481. The van der Waals surface area contributed by atoms with Crippen molar-refractivity contribution in [1.82, 2.24) is 4.90 Å². The smallest absolute Gasteiger partial charge is 0.303 e. The van der Waals surface area contributed by atoms with Gasteiger partial charge in [0.2, 0.25) is 5.91 Å². The minimum atomic E-state index is -0.913. The third kappa shape index (κ3) is 7.59.